The van der Waals surface area contributed by atoms with Gasteiger partial charge in [-0.25, -0.2) is 8.78 Å². The molecule has 0 saturated heterocycles. The van der Waals surface area contributed by atoms with Gasteiger partial charge < -0.3 is 5.73 Å². The first kappa shape index (κ1) is 13.0. The smallest absolute Gasteiger partial charge is 0.126 e. The summed E-state index contributed by atoms with van der Waals surface area (Å²) >= 11 is 6.02. The molecule has 2 aromatic rings. The summed E-state index contributed by atoms with van der Waals surface area (Å²) in [4.78, 5) is 0. The van der Waals surface area contributed by atoms with Gasteiger partial charge in [0.1, 0.15) is 11.6 Å². The molecule has 0 aromatic heterocycles. The van der Waals surface area contributed by atoms with Crippen LogP contribution in [-0.4, -0.2) is 0 Å². The van der Waals surface area contributed by atoms with Crippen LogP contribution in [0.4, 0.5) is 8.78 Å². The van der Waals surface area contributed by atoms with Crippen molar-refractivity contribution in [1.29, 1.82) is 0 Å². The van der Waals surface area contributed by atoms with E-state index in [1.807, 2.05) is 12.1 Å². The standard InChI is InChI=1S/C14H12ClF2N/c15-13-4-2-1-3-12(13)14(18)7-9-5-10(16)8-11(17)6-9/h1-6,8,14H,7,18H2. The lowest BCUT2D eigenvalue weighted by Crippen LogP contribution is -2.14. The van der Waals surface area contributed by atoms with Gasteiger partial charge in [-0.2, -0.15) is 0 Å². The zero-order chi connectivity index (χ0) is 13.1. The predicted molar refractivity (Wildman–Crippen MR) is 68.4 cm³/mol. The minimum atomic E-state index is -0.601. The maximum Gasteiger partial charge on any atom is 0.126 e. The van der Waals surface area contributed by atoms with E-state index in [9.17, 15) is 8.78 Å². The number of halogens is 3. The summed E-state index contributed by atoms with van der Waals surface area (Å²) in [5, 5.41) is 0.557. The first-order valence-corrected chi connectivity index (χ1v) is 5.89. The number of hydrogen-bond acceptors (Lipinski definition) is 1. The summed E-state index contributed by atoms with van der Waals surface area (Å²) in [5.74, 6) is -1.20. The van der Waals surface area contributed by atoms with E-state index in [0.29, 0.717) is 17.0 Å². The van der Waals surface area contributed by atoms with Gasteiger partial charge in [-0.15, -0.1) is 0 Å². The Morgan fingerprint density at radius 3 is 2.28 bits per heavy atom. The van der Waals surface area contributed by atoms with Crippen molar-refractivity contribution in [3.05, 3.63) is 70.2 Å². The third-order valence-corrected chi connectivity index (χ3v) is 3.03. The van der Waals surface area contributed by atoms with Gasteiger partial charge in [0.25, 0.3) is 0 Å². The largest absolute Gasteiger partial charge is 0.324 e. The van der Waals surface area contributed by atoms with Crippen LogP contribution < -0.4 is 5.73 Å². The fraction of sp³-hybridized carbons (Fsp3) is 0.143. The van der Waals surface area contributed by atoms with Crippen LogP contribution in [0.3, 0.4) is 0 Å². The summed E-state index contributed by atoms with van der Waals surface area (Å²) < 4.78 is 26.1. The Balaban J connectivity index is 2.21. The molecule has 0 aliphatic rings. The van der Waals surface area contributed by atoms with Crippen LogP contribution in [0.25, 0.3) is 0 Å². The van der Waals surface area contributed by atoms with Crippen LogP contribution >= 0.6 is 11.6 Å². The van der Waals surface area contributed by atoms with Gasteiger partial charge in [0.05, 0.1) is 0 Å². The maximum absolute atomic E-state index is 13.1. The molecule has 94 valence electrons. The molecule has 0 spiro atoms. The van der Waals surface area contributed by atoms with E-state index >= 15 is 0 Å². The molecule has 0 aliphatic carbocycles. The Bertz CT molecular complexity index is 537. The number of hydrogen-bond donors (Lipinski definition) is 1. The number of rotatable bonds is 3. The van der Waals surface area contributed by atoms with Crippen molar-refractivity contribution in [2.24, 2.45) is 5.73 Å². The molecule has 0 aliphatic heterocycles. The summed E-state index contributed by atoms with van der Waals surface area (Å²) in [6.45, 7) is 0. The van der Waals surface area contributed by atoms with Crippen molar-refractivity contribution in [2.75, 3.05) is 0 Å². The Hall–Kier alpha value is -1.45. The van der Waals surface area contributed by atoms with E-state index in [2.05, 4.69) is 0 Å². The highest BCUT2D eigenvalue weighted by atomic mass is 35.5. The Morgan fingerprint density at radius 2 is 1.67 bits per heavy atom. The molecule has 1 unspecified atom stereocenters. The molecule has 0 radical (unpaired) electrons. The van der Waals surface area contributed by atoms with Gasteiger partial charge in [0.2, 0.25) is 0 Å². The Labute approximate surface area is 109 Å². The van der Waals surface area contributed by atoms with Gasteiger partial charge in [-0.05, 0) is 35.7 Å². The van der Waals surface area contributed by atoms with Crippen molar-refractivity contribution in [1.82, 2.24) is 0 Å². The van der Waals surface area contributed by atoms with Crippen LogP contribution in [0.1, 0.15) is 17.2 Å². The van der Waals surface area contributed by atoms with E-state index in [1.54, 1.807) is 12.1 Å². The fourth-order valence-corrected chi connectivity index (χ4v) is 2.14. The van der Waals surface area contributed by atoms with Crippen LogP contribution in [0.2, 0.25) is 5.02 Å². The third kappa shape index (κ3) is 3.06. The molecule has 4 heteroatoms. The zero-order valence-electron chi connectivity index (χ0n) is 9.54. The van der Waals surface area contributed by atoms with Crippen LogP contribution in [-0.2, 0) is 6.42 Å². The second kappa shape index (κ2) is 5.46. The third-order valence-electron chi connectivity index (χ3n) is 2.68. The van der Waals surface area contributed by atoms with E-state index in [-0.39, 0.29) is 6.04 Å². The molecule has 2 aromatic carbocycles. The Kier molecular flexibility index (Phi) is 3.94. The Morgan fingerprint density at radius 1 is 1.06 bits per heavy atom. The van der Waals surface area contributed by atoms with Crippen molar-refractivity contribution >= 4 is 11.6 Å². The predicted octanol–water partition coefficient (Wildman–Crippen LogP) is 3.86. The van der Waals surface area contributed by atoms with Crippen molar-refractivity contribution in [2.45, 2.75) is 12.5 Å². The minimum absolute atomic E-state index is 0.332. The lowest BCUT2D eigenvalue weighted by Gasteiger charge is -2.13. The quantitative estimate of drug-likeness (QED) is 0.898. The van der Waals surface area contributed by atoms with E-state index < -0.39 is 11.6 Å². The number of nitrogens with two attached hydrogens (primary N) is 1. The van der Waals surface area contributed by atoms with Gasteiger partial charge in [-0.3, -0.25) is 0 Å². The average Bonchev–Trinajstić information content (AvgIpc) is 2.27. The molecule has 0 fully saturated rings. The second-order valence-corrected chi connectivity index (χ2v) is 4.52. The zero-order valence-corrected chi connectivity index (χ0v) is 10.3. The lowest BCUT2D eigenvalue weighted by molar-refractivity contribution is 0.576. The van der Waals surface area contributed by atoms with Gasteiger partial charge >= 0.3 is 0 Å². The summed E-state index contributed by atoms with van der Waals surface area (Å²) in [7, 11) is 0. The molecule has 0 amide bonds. The molecule has 0 saturated carbocycles. The van der Waals surface area contributed by atoms with Gasteiger partial charge in [-0.1, -0.05) is 29.8 Å². The van der Waals surface area contributed by atoms with E-state index in [4.69, 9.17) is 17.3 Å². The minimum Gasteiger partial charge on any atom is -0.324 e. The molecular weight excluding hydrogens is 256 g/mol. The van der Waals surface area contributed by atoms with Crippen LogP contribution in [0.5, 0.6) is 0 Å². The van der Waals surface area contributed by atoms with Crippen LogP contribution in [0.15, 0.2) is 42.5 Å². The number of benzene rings is 2. The van der Waals surface area contributed by atoms with Gasteiger partial charge in [0, 0.05) is 17.1 Å². The van der Waals surface area contributed by atoms with Crippen molar-refractivity contribution in [3.63, 3.8) is 0 Å². The summed E-state index contributed by atoms with van der Waals surface area (Å²) in [6, 6.07) is 10.2. The molecule has 2 N–H and O–H groups in total. The second-order valence-electron chi connectivity index (χ2n) is 4.11. The molecule has 1 atom stereocenters. The summed E-state index contributed by atoms with van der Waals surface area (Å²) in [5.41, 5.74) is 7.28. The summed E-state index contributed by atoms with van der Waals surface area (Å²) in [6.07, 6.45) is 0.332. The molecular formula is C14H12ClF2N. The topological polar surface area (TPSA) is 26.0 Å². The first-order chi connectivity index (χ1) is 8.56. The maximum atomic E-state index is 13.1. The monoisotopic (exact) mass is 267 g/mol. The molecule has 2 rings (SSSR count). The van der Waals surface area contributed by atoms with Gasteiger partial charge in [0.15, 0.2) is 0 Å². The highest BCUT2D eigenvalue weighted by Gasteiger charge is 2.11. The molecule has 18 heavy (non-hydrogen) atoms. The highest BCUT2D eigenvalue weighted by Crippen LogP contribution is 2.24. The highest BCUT2D eigenvalue weighted by molar-refractivity contribution is 6.31. The molecule has 0 bridgehead atoms. The van der Waals surface area contributed by atoms with E-state index in [0.717, 1.165) is 11.6 Å². The normalized spacial score (nSPS) is 12.4. The lowest BCUT2D eigenvalue weighted by atomic mass is 9.99. The molecule has 1 nitrogen and oxygen atoms in total. The first-order valence-electron chi connectivity index (χ1n) is 5.51. The average molecular weight is 268 g/mol. The van der Waals surface area contributed by atoms with Crippen LogP contribution in [0, 0.1) is 11.6 Å². The fourth-order valence-electron chi connectivity index (χ4n) is 1.87. The van der Waals surface area contributed by atoms with Crippen molar-refractivity contribution < 1.29 is 8.78 Å². The SMILES string of the molecule is NC(Cc1cc(F)cc(F)c1)c1ccccc1Cl. The van der Waals surface area contributed by atoms with E-state index in [1.165, 1.54) is 12.1 Å². The molecule has 0 heterocycles. The van der Waals surface area contributed by atoms with Crippen molar-refractivity contribution in [3.8, 4) is 0 Å².